The van der Waals surface area contributed by atoms with Crippen LogP contribution in [0.1, 0.15) is 27.5 Å². The molecular formula is C19H22N4OS. The maximum atomic E-state index is 12.9. The largest absolute Gasteiger partial charge is 0.357 e. The molecule has 3 rings (SSSR count). The van der Waals surface area contributed by atoms with Crippen molar-refractivity contribution in [3.8, 4) is 11.3 Å². The lowest BCUT2D eigenvalue weighted by molar-refractivity contribution is 0.0737. The Balaban J connectivity index is 1.78. The highest BCUT2D eigenvalue weighted by Gasteiger charge is 2.18. The number of carbonyl (C=O) groups excluding carboxylic acids is 1. The molecule has 25 heavy (non-hydrogen) atoms. The highest BCUT2D eigenvalue weighted by Crippen LogP contribution is 2.23. The van der Waals surface area contributed by atoms with Crippen LogP contribution in [-0.2, 0) is 6.54 Å². The summed E-state index contributed by atoms with van der Waals surface area (Å²) in [6.45, 7) is 3.74. The minimum Gasteiger partial charge on any atom is -0.357 e. The molecule has 0 saturated heterocycles. The van der Waals surface area contributed by atoms with E-state index in [1.165, 1.54) is 0 Å². The number of rotatable bonds is 7. The van der Waals surface area contributed by atoms with Gasteiger partial charge in [-0.05, 0) is 31.5 Å². The molecule has 3 N–H and O–H groups in total. The lowest BCUT2D eigenvalue weighted by Gasteiger charge is -2.22. The number of carbonyl (C=O) groups is 1. The van der Waals surface area contributed by atoms with Gasteiger partial charge in [0.1, 0.15) is 5.69 Å². The first-order chi connectivity index (χ1) is 12.2. The Bertz CT molecular complexity index is 825. The van der Waals surface area contributed by atoms with Crippen LogP contribution in [0.4, 0.5) is 0 Å². The van der Waals surface area contributed by atoms with Crippen molar-refractivity contribution in [2.75, 3.05) is 13.1 Å². The fraction of sp³-hybridized carbons (Fsp3) is 0.263. The van der Waals surface area contributed by atoms with Crippen LogP contribution in [0.2, 0.25) is 0 Å². The number of nitrogens with zero attached hydrogens (tertiary/aromatic N) is 2. The molecule has 0 atom stereocenters. The van der Waals surface area contributed by atoms with E-state index in [2.05, 4.69) is 9.97 Å². The number of thiazole rings is 1. The average molecular weight is 354 g/mol. The van der Waals surface area contributed by atoms with Crippen LogP contribution < -0.4 is 5.73 Å². The third kappa shape index (κ3) is 4.35. The van der Waals surface area contributed by atoms with Gasteiger partial charge >= 0.3 is 0 Å². The van der Waals surface area contributed by atoms with Crippen LogP contribution in [0.3, 0.4) is 0 Å². The van der Waals surface area contributed by atoms with Crippen LogP contribution in [0.15, 0.2) is 48.0 Å². The van der Waals surface area contributed by atoms with Crippen LogP contribution in [-0.4, -0.2) is 33.9 Å². The molecule has 130 valence electrons. The number of aromatic nitrogens is 2. The summed E-state index contributed by atoms with van der Waals surface area (Å²) in [6, 6.07) is 11.9. The van der Waals surface area contributed by atoms with Crippen molar-refractivity contribution in [1.82, 2.24) is 14.9 Å². The number of benzene rings is 1. The zero-order valence-corrected chi connectivity index (χ0v) is 15.1. The molecule has 0 bridgehead atoms. The molecule has 0 radical (unpaired) electrons. The van der Waals surface area contributed by atoms with E-state index in [0.29, 0.717) is 25.3 Å². The van der Waals surface area contributed by atoms with Gasteiger partial charge in [0.2, 0.25) is 0 Å². The smallest absolute Gasteiger partial charge is 0.270 e. The molecule has 0 fully saturated rings. The van der Waals surface area contributed by atoms with E-state index in [-0.39, 0.29) is 5.91 Å². The molecule has 0 aliphatic heterocycles. The summed E-state index contributed by atoms with van der Waals surface area (Å²) in [5.74, 6) is -0.0181. The third-order valence-corrected chi connectivity index (χ3v) is 4.74. The van der Waals surface area contributed by atoms with E-state index in [4.69, 9.17) is 5.73 Å². The quantitative estimate of drug-likeness (QED) is 0.682. The Hall–Kier alpha value is -2.44. The van der Waals surface area contributed by atoms with Crippen molar-refractivity contribution in [3.63, 3.8) is 0 Å². The van der Waals surface area contributed by atoms with Crippen molar-refractivity contribution in [3.05, 3.63) is 64.2 Å². The molecule has 2 heterocycles. The number of nitrogens with one attached hydrogen (secondary N) is 1. The van der Waals surface area contributed by atoms with E-state index < -0.39 is 0 Å². The van der Waals surface area contributed by atoms with Crippen LogP contribution in [0.25, 0.3) is 11.3 Å². The monoisotopic (exact) mass is 354 g/mol. The molecular weight excluding hydrogens is 332 g/mol. The van der Waals surface area contributed by atoms with Crippen molar-refractivity contribution >= 4 is 17.2 Å². The second kappa shape index (κ2) is 8.09. The van der Waals surface area contributed by atoms with Gasteiger partial charge in [-0.15, -0.1) is 11.3 Å². The number of hydrogen-bond donors (Lipinski definition) is 2. The summed E-state index contributed by atoms with van der Waals surface area (Å²) in [5, 5.41) is 3.01. The topological polar surface area (TPSA) is 75.0 Å². The Kier molecular flexibility index (Phi) is 5.63. The second-order valence-electron chi connectivity index (χ2n) is 5.91. The molecule has 5 nitrogen and oxygen atoms in total. The highest BCUT2D eigenvalue weighted by molar-refractivity contribution is 7.09. The minimum absolute atomic E-state index is 0.0181. The Morgan fingerprint density at radius 2 is 2.12 bits per heavy atom. The van der Waals surface area contributed by atoms with E-state index >= 15 is 0 Å². The number of hydrogen-bond acceptors (Lipinski definition) is 4. The first-order valence-electron chi connectivity index (χ1n) is 8.31. The van der Waals surface area contributed by atoms with Gasteiger partial charge in [0.25, 0.3) is 5.91 Å². The molecule has 6 heteroatoms. The Labute approximate surface area is 151 Å². The van der Waals surface area contributed by atoms with Gasteiger partial charge in [-0.25, -0.2) is 4.98 Å². The van der Waals surface area contributed by atoms with Crippen LogP contribution in [0, 0.1) is 6.92 Å². The van der Waals surface area contributed by atoms with E-state index in [0.717, 1.165) is 28.2 Å². The molecule has 1 amide bonds. The maximum absolute atomic E-state index is 12.9. The van der Waals surface area contributed by atoms with E-state index in [1.807, 2.05) is 59.8 Å². The molecule has 0 aliphatic carbocycles. The van der Waals surface area contributed by atoms with E-state index in [9.17, 15) is 4.79 Å². The lowest BCUT2D eigenvalue weighted by Crippen LogP contribution is -2.32. The van der Waals surface area contributed by atoms with Gasteiger partial charge in [0.15, 0.2) is 0 Å². The van der Waals surface area contributed by atoms with Gasteiger partial charge in [0.05, 0.1) is 10.7 Å². The SMILES string of the molecule is Cc1nc(-c2c[nH]c(C(=O)N(CCCN)Cc3ccccc3)c2)cs1. The van der Waals surface area contributed by atoms with Gasteiger partial charge in [-0.1, -0.05) is 30.3 Å². The number of amides is 1. The second-order valence-corrected chi connectivity index (χ2v) is 6.97. The number of aromatic amines is 1. The molecule has 0 saturated carbocycles. The molecule has 2 aromatic heterocycles. The summed E-state index contributed by atoms with van der Waals surface area (Å²) >= 11 is 1.60. The molecule has 0 spiro atoms. The van der Waals surface area contributed by atoms with Crippen molar-refractivity contribution in [1.29, 1.82) is 0 Å². The minimum atomic E-state index is -0.0181. The molecule has 1 aromatic carbocycles. The normalized spacial score (nSPS) is 10.8. The average Bonchev–Trinajstić information content (AvgIpc) is 3.28. The number of nitrogens with two attached hydrogens (primary N) is 1. The lowest BCUT2D eigenvalue weighted by atomic mass is 10.2. The van der Waals surface area contributed by atoms with Crippen LogP contribution >= 0.6 is 11.3 Å². The fourth-order valence-electron chi connectivity index (χ4n) is 2.67. The maximum Gasteiger partial charge on any atom is 0.270 e. The van der Waals surface area contributed by atoms with Crippen molar-refractivity contribution in [2.45, 2.75) is 19.9 Å². The molecule has 0 unspecified atom stereocenters. The summed E-state index contributed by atoms with van der Waals surface area (Å²) in [5.41, 5.74) is 9.16. The Morgan fingerprint density at radius 1 is 1.32 bits per heavy atom. The van der Waals surface area contributed by atoms with Crippen molar-refractivity contribution < 1.29 is 4.79 Å². The van der Waals surface area contributed by atoms with Gasteiger partial charge in [-0.2, -0.15) is 0 Å². The number of aryl methyl sites for hydroxylation is 1. The molecule has 0 aliphatic rings. The predicted octanol–water partition coefficient (Wildman–Crippen LogP) is 3.44. The fourth-order valence-corrected chi connectivity index (χ4v) is 3.29. The number of H-pyrrole nitrogens is 1. The Morgan fingerprint density at radius 3 is 2.80 bits per heavy atom. The first kappa shape index (κ1) is 17.4. The standard InChI is InChI=1S/C19H22N4OS/c1-14-22-18(13-25-14)16-10-17(21-11-16)19(24)23(9-5-8-20)12-15-6-3-2-4-7-15/h2-4,6-7,10-11,13,21H,5,8-9,12,20H2,1H3. The highest BCUT2D eigenvalue weighted by atomic mass is 32.1. The van der Waals surface area contributed by atoms with E-state index in [1.54, 1.807) is 11.3 Å². The van der Waals surface area contributed by atoms with Gasteiger partial charge < -0.3 is 15.6 Å². The summed E-state index contributed by atoms with van der Waals surface area (Å²) in [6.07, 6.45) is 2.61. The summed E-state index contributed by atoms with van der Waals surface area (Å²) < 4.78 is 0. The first-order valence-corrected chi connectivity index (χ1v) is 9.19. The van der Waals surface area contributed by atoms with Crippen molar-refractivity contribution in [2.24, 2.45) is 5.73 Å². The molecule has 3 aromatic rings. The van der Waals surface area contributed by atoms with Gasteiger partial charge in [-0.3, -0.25) is 4.79 Å². The zero-order valence-electron chi connectivity index (χ0n) is 14.2. The zero-order chi connectivity index (χ0) is 17.6. The third-order valence-electron chi connectivity index (χ3n) is 3.96. The summed E-state index contributed by atoms with van der Waals surface area (Å²) in [4.78, 5) is 22.3. The predicted molar refractivity (Wildman–Crippen MR) is 101 cm³/mol. The summed E-state index contributed by atoms with van der Waals surface area (Å²) in [7, 11) is 0. The van der Waals surface area contributed by atoms with Crippen LogP contribution in [0.5, 0.6) is 0 Å². The van der Waals surface area contributed by atoms with Gasteiger partial charge in [0, 0.05) is 30.2 Å².